The monoisotopic (exact) mass is 472 g/mol. The number of rotatable bonds is 5. The first-order valence-corrected chi connectivity index (χ1v) is 12.2. The molecule has 1 aliphatic rings. The molecule has 0 saturated carbocycles. The van der Waals surface area contributed by atoms with Crippen molar-refractivity contribution in [1.29, 1.82) is 0 Å². The fourth-order valence-corrected chi connectivity index (χ4v) is 4.61. The van der Waals surface area contributed by atoms with Gasteiger partial charge in [0.1, 0.15) is 0 Å². The first-order chi connectivity index (χ1) is 9.74. The van der Waals surface area contributed by atoms with E-state index in [1.54, 1.807) is 0 Å². The second-order valence-electron chi connectivity index (χ2n) is 7.03. The van der Waals surface area contributed by atoms with Gasteiger partial charge in [-0.3, -0.25) is 0 Å². The normalized spacial score (nSPS) is 17.5. The minimum Gasteiger partial charge on any atom is -0.350 e. The van der Waals surface area contributed by atoms with Gasteiger partial charge >= 0.3 is 0 Å². The van der Waals surface area contributed by atoms with Gasteiger partial charge < -0.3 is 9.80 Å². The van der Waals surface area contributed by atoms with Crippen LogP contribution in [-0.2, 0) is 0 Å². The molecule has 0 amide bonds. The fourth-order valence-electron chi connectivity index (χ4n) is 3.08. The van der Waals surface area contributed by atoms with Crippen LogP contribution in [0.5, 0.6) is 0 Å². The van der Waals surface area contributed by atoms with E-state index in [9.17, 15) is 0 Å². The summed E-state index contributed by atoms with van der Waals surface area (Å²) < 4.78 is 0. The number of halogens is 3. The molecule has 0 saturated heterocycles. The Morgan fingerprint density at radius 3 is 2.00 bits per heavy atom. The first-order valence-electron chi connectivity index (χ1n) is 7.77. The fraction of sp³-hybridized carbons (Fsp3) is 0.625. The van der Waals surface area contributed by atoms with Crippen molar-refractivity contribution in [3.05, 3.63) is 22.2 Å². The summed E-state index contributed by atoms with van der Waals surface area (Å²) in [6.07, 6.45) is 1.62. The second-order valence-corrected chi connectivity index (χ2v) is 13.5. The number of fused-ring (bicyclic) bond motifs is 1. The van der Waals surface area contributed by atoms with E-state index in [4.69, 9.17) is 23.2 Å². The van der Waals surface area contributed by atoms with Crippen LogP contribution in [0.4, 0.5) is 11.4 Å². The van der Waals surface area contributed by atoms with Crippen LogP contribution >= 0.6 is 47.2 Å². The molecule has 0 radical (unpaired) electrons. The van der Waals surface area contributed by atoms with Gasteiger partial charge in [0.2, 0.25) is 0 Å². The number of benzene rings is 1. The van der Waals surface area contributed by atoms with Crippen LogP contribution in [-0.4, -0.2) is 27.3 Å². The summed E-state index contributed by atoms with van der Waals surface area (Å²) in [5.41, 5.74) is 2.45. The summed E-state index contributed by atoms with van der Waals surface area (Å²) in [7, 11) is -0.975. The Morgan fingerprint density at radius 1 is 1.05 bits per heavy atom. The topological polar surface area (TPSA) is 6.48 Å². The van der Waals surface area contributed by atoms with Gasteiger partial charge in [0.05, 0.1) is 27.6 Å². The molecular formula is C16H27Cl2IN2Si. The maximum Gasteiger partial charge on any atom is 0.0988 e. The van der Waals surface area contributed by atoms with E-state index in [1.165, 1.54) is 23.8 Å². The van der Waals surface area contributed by atoms with Crippen molar-refractivity contribution in [2.75, 3.05) is 22.9 Å². The number of anilines is 2. The molecule has 1 atom stereocenters. The molecule has 0 spiro atoms. The Bertz CT molecular complexity index is 520. The second kappa shape index (κ2) is 7.95. The lowest BCUT2D eigenvalue weighted by Gasteiger charge is -2.30. The molecule has 6 heteroatoms. The van der Waals surface area contributed by atoms with E-state index in [-0.39, 0.29) is 24.0 Å². The van der Waals surface area contributed by atoms with E-state index in [1.807, 2.05) is 12.1 Å². The molecule has 0 N–H and O–H groups in total. The lowest BCUT2D eigenvalue weighted by molar-refractivity contribution is 0.623. The van der Waals surface area contributed by atoms with Crippen molar-refractivity contribution in [2.45, 2.75) is 52.1 Å². The van der Waals surface area contributed by atoms with Gasteiger partial charge in [0.15, 0.2) is 0 Å². The van der Waals surface area contributed by atoms with Crippen molar-refractivity contribution in [2.24, 2.45) is 0 Å². The number of hydrogen-bond acceptors (Lipinski definition) is 2. The summed E-state index contributed by atoms with van der Waals surface area (Å²) in [6.45, 7) is 13.8. The minimum absolute atomic E-state index is 0. The predicted octanol–water partition coefficient (Wildman–Crippen LogP) is 6.33. The highest BCUT2D eigenvalue weighted by Crippen LogP contribution is 2.44. The van der Waals surface area contributed by atoms with Gasteiger partial charge in [-0.1, -0.05) is 48.9 Å². The molecule has 1 unspecified atom stereocenters. The van der Waals surface area contributed by atoms with E-state index < -0.39 is 8.07 Å². The summed E-state index contributed by atoms with van der Waals surface area (Å²) >= 11 is 12.4. The standard InChI is InChI=1S/C16H26Cl2N2Si.HI/c1-6-19-12(2)20(8-7-9-21(3,4)5)16-11-14(18)13(17)10-15(16)19;/h10-12H,6-9H2,1-5H3;1H. The van der Waals surface area contributed by atoms with Gasteiger partial charge in [-0.15, -0.1) is 24.0 Å². The molecule has 0 aliphatic carbocycles. The molecule has 1 aliphatic heterocycles. The molecule has 2 nitrogen and oxygen atoms in total. The highest BCUT2D eigenvalue weighted by atomic mass is 127. The van der Waals surface area contributed by atoms with Crippen LogP contribution < -0.4 is 9.80 Å². The molecule has 1 heterocycles. The van der Waals surface area contributed by atoms with Crippen LogP contribution in [0.25, 0.3) is 0 Å². The summed E-state index contributed by atoms with van der Waals surface area (Å²) in [5.74, 6) is 0. The first kappa shape index (κ1) is 20.4. The Kier molecular flexibility index (Phi) is 7.37. The summed E-state index contributed by atoms with van der Waals surface area (Å²) in [5, 5.41) is 1.29. The zero-order valence-electron chi connectivity index (χ0n) is 14.1. The molecular weight excluding hydrogens is 446 g/mol. The molecule has 1 aromatic rings. The van der Waals surface area contributed by atoms with Gasteiger partial charge in [0.25, 0.3) is 0 Å². The highest BCUT2D eigenvalue weighted by Gasteiger charge is 2.32. The van der Waals surface area contributed by atoms with Crippen LogP contribution in [0.2, 0.25) is 35.7 Å². The Balaban J connectivity index is 0.00000242. The van der Waals surface area contributed by atoms with Gasteiger partial charge in [-0.05, 0) is 32.4 Å². The lowest BCUT2D eigenvalue weighted by Crippen LogP contribution is -2.41. The van der Waals surface area contributed by atoms with Crippen LogP contribution in [0, 0.1) is 0 Å². The smallest absolute Gasteiger partial charge is 0.0988 e. The zero-order chi connectivity index (χ0) is 15.8. The SMILES string of the molecule is CCN1c2cc(Cl)c(Cl)cc2N(CCC[Si](C)(C)C)C1C.I. The van der Waals surface area contributed by atoms with E-state index in [2.05, 4.69) is 43.3 Å². The third kappa shape index (κ3) is 4.45. The molecule has 126 valence electrons. The average molecular weight is 473 g/mol. The number of hydrogen-bond donors (Lipinski definition) is 0. The molecule has 2 rings (SSSR count). The molecule has 1 aromatic carbocycles. The third-order valence-corrected chi connectivity index (χ3v) is 6.78. The number of nitrogens with zero attached hydrogens (tertiary/aromatic N) is 2. The van der Waals surface area contributed by atoms with E-state index in [0.29, 0.717) is 16.2 Å². The van der Waals surface area contributed by atoms with Gasteiger partial charge in [-0.2, -0.15) is 0 Å². The molecule has 22 heavy (non-hydrogen) atoms. The Hall–Kier alpha value is 0.347. The maximum atomic E-state index is 6.23. The maximum absolute atomic E-state index is 6.23. The van der Waals surface area contributed by atoms with Crippen LogP contribution in [0.15, 0.2) is 12.1 Å². The van der Waals surface area contributed by atoms with Crippen LogP contribution in [0.3, 0.4) is 0 Å². The third-order valence-electron chi connectivity index (χ3n) is 4.20. The Morgan fingerprint density at radius 2 is 1.55 bits per heavy atom. The Labute approximate surface area is 163 Å². The van der Waals surface area contributed by atoms with E-state index in [0.717, 1.165) is 13.1 Å². The predicted molar refractivity (Wildman–Crippen MR) is 114 cm³/mol. The van der Waals surface area contributed by atoms with Gasteiger partial charge in [0, 0.05) is 21.2 Å². The van der Waals surface area contributed by atoms with Crippen LogP contribution in [0.1, 0.15) is 20.3 Å². The summed E-state index contributed by atoms with van der Waals surface area (Å²) in [6, 6.07) is 5.40. The molecule has 0 fully saturated rings. The largest absolute Gasteiger partial charge is 0.350 e. The quantitative estimate of drug-likeness (QED) is 0.364. The van der Waals surface area contributed by atoms with Gasteiger partial charge in [-0.25, -0.2) is 0 Å². The zero-order valence-corrected chi connectivity index (χ0v) is 19.0. The van der Waals surface area contributed by atoms with Crippen molar-refractivity contribution in [3.8, 4) is 0 Å². The van der Waals surface area contributed by atoms with Crippen molar-refractivity contribution in [1.82, 2.24) is 0 Å². The lowest BCUT2D eigenvalue weighted by atomic mass is 10.2. The summed E-state index contributed by atoms with van der Waals surface area (Å²) in [4.78, 5) is 4.87. The molecule has 0 aromatic heterocycles. The average Bonchev–Trinajstić information content (AvgIpc) is 2.61. The molecule has 0 bridgehead atoms. The van der Waals surface area contributed by atoms with E-state index >= 15 is 0 Å². The van der Waals surface area contributed by atoms with Crippen molar-refractivity contribution < 1.29 is 0 Å². The van der Waals surface area contributed by atoms with Crippen molar-refractivity contribution in [3.63, 3.8) is 0 Å². The minimum atomic E-state index is -0.975. The van der Waals surface area contributed by atoms with Crippen molar-refractivity contribution >= 4 is 66.6 Å². The highest BCUT2D eigenvalue weighted by molar-refractivity contribution is 14.0.